The van der Waals surface area contributed by atoms with Gasteiger partial charge in [-0.2, -0.15) is 0 Å². The number of hydrogen-bond acceptors (Lipinski definition) is 5. The predicted molar refractivity (Wildman–Crippen MR) is 134 cm³/mol. The van der Waals surface area contributed by atoms with Crippen molar-refractivity contribution in [2.75, 3.05) is 25.1 Å². The maximum Gasteiger partial charge on any atom is 0.305 e. The molecule has 0 unspecified atom stereocenters. The van der Waals surface area contributed by atoms with Crippen LogP contribution >= 0.6 is 15.9 Å². The minimum atomic E-state index is -0.841. The summed E-state index contributed by atoms with van der Waals surface area (Å²) >= 11 is 3.52. The Hall–Kier alpha value is -3.45. The average Bonchev–Trinajstić information content (AvgIpc) is 2.83. The lowest BCUT2D eigenvalue weighted by Crippen LogP contribution is -2.29. The van der Waals surface area contributed by atoms with Crippen molar-refractivity contribution >= 4 is 38.6 Å². The SMILES string of the molecule is COc1ccc2c(N(CCC(=O)O)CCc3ccccc3)nc(-c3cccc(Br)c3)nc2c1. The molecular weight excluding hydrogens is 482 g/mol. The Bertz CT molecular complexity index is 1260. The third-order valence-electron chi connectivity index (χ3n) is 5.38. The first-order chi connectivity index (χ1) is 16.0. The summed E-state index contributed by atoms with van der Waals surface area (Å²) < 4.78 is 6.35. The van der Waals surface area contributed by atoms with Gasteiger partial charge in [-0.25, -0.2) is 9.97 Å². The van der Waals surface area contributed by atoms with Gasteiger partial charge in [-0.1, -0.05) is 58.4 Å². The van der Waals surface area contributed by atoms with E-state index in [1.165, 1.54) is 5.56 Å². The molecule has 0 fully saturated rings. The van der Waals surface area contributed by atoms with Crippen LogP contribution in [0.25, 0.3) is 22.3 Å². The number of carboxylic acids is 1. The summed E-state index contributed by atoms with van der Waals surface area (Å²) in [5, 5.41) is 10.2. The molecule has 0 aliphatic rings. The van der Waals surface area contributed by atoms with Crippen molar-refractivity contribution in [1.82, 2.24) is 9.97 Å². The molecule has 0 amide bonds. The van der Waals surface area contributed by atoms with Gasteiger partial charge in [0, 0.05) is 34.6 Å². The quantitative estimate of drug-likeness (QED) is 0.319. The molecule has 0 spiro atoms. The fraction of sp³-hybridized carbons (Fsp3) is 0.192. The van der Waals surface area contributed by atoms with E-state index in [-0.39, 0.29) is 6.42 Å². The standard InChI is InChI=1S/C26H24BrN3O3/c1-33-21-10-11-22-23(17-21)28-25(19-8-5-9-20(27)16-19)29-26(22)30(15-13-24(31)32)14-12-18-6-3-2-4-7-18/h2-11,16-17H,12-15H2,1H3,(H,31,32). The lowest BCUT2D eigenvalue weighted by molar-refractivity contribution is -0.136. The number of nitrogens with zero attached hydrogens (tertiary/aromatic N) is 3. The zero-order valence-electron chi connectivity index (χ0n) is 18.2. The highest BCUT2D eigenvalue weighted by atomic mass is 79.9. The van der Waals surface area contributed by atoms with Crippen LogP contribution in [0.5, 0.6) is 5.75 Å². The lowest BCUT2D eigenvalue weighted by Gasteiger charge is -2.25. The summed E-state index contributed by atoms with van der Waals surface area (Å²) in [6.45, 7) is 0.978. The third kappa shape index (κ3) is 5.68. The normalized spacial score (nSPS) is 10.8. The van der Waals surface area contributed by atoms with E-state index in [1.807, 2.05) is 65.6 Å². The molecule has 1 aromatic heterocycles. The molecule has 6 nitrogen and oxygen atoms in total. The molecule has 4 aromatic rings. The molecule has 0 aliphatic carbocycles. The Kier molecular flexibility index (Phi) is 7.19. The fourth-order valence-electron chi connectivity index (χ4n) is 3.68. The topological polar surface area (TPSA) is 75.5 Å². The molecule has 1 N–H and O–H groups in total. The zero-order valence-corrected chi connectivity index (χ0v) is 19.8. The van der Waals surface area contributed by atoms with Crippen LogP contribution in [0.3, 0.4) is 0 Å². The number of carbonyl (C=O) groups is 1. The van der Waals surface area contributed by atoms with Crippen molar-refractivity contribution in [2.45, 2.75) is 12.8 Å². The van der Waals surface area contributed by atoms with Crippen LogP contribution in [0.15, 0.2) is 77.3 Å². The van der Waals surface area contributed by atoms with Gasteiger partial charge < -0.3 is 14.7 Å². The number of benzene rings is 3. The molecule has 0 bridgehead atoms. The van der Waals surface area contributed by atoms with Crippen LogP contribution in [0.2, 0.25) is 0 Å². The number of aromatic nitrogens is 2. The molecule has 0 saturated heterocycles. The third-order valence-corrected chi connectivity index (χ3v) is 5.87. The fourth-order valence-corrected chi connectivity index (χ4v) is 4.08. The van der Waals surface area contributed by atoms with Gasteiger partial charge in [0.2, 0.25) is 0 Å². The Morgan fingerprint density at radius 2 is 1.82 bits per heavy atom. The van der Waals surface area contributed by atoms with E-state index in [2.05, 4.69) is 28.1 Å². The van der Waals surface area contributed by atoms with E-state index >= 15 is 0 Å². The minimum absolute atomic E-state index is 0.0165. The maximum absolute atomic E-state index is 11.4. The monoisotopic (exact) mass is 505 g/mol. The predicted octanol–water partition coefficient (Wildman–Crippen LogP) is 5.59. The molecule has 7 heteroatoms. The highest BCUT2D eigenvalue weighted by Gasteiger charge is 2.17. The molecule has 0 aliphatic heterocycles. The Balaban J connectivity index is 1.81. The van der Waals surface area contributed by atoms with E-state index in [1.54, 1.807) is 7.11 Å². The minimum Gasteiger partial charge on any atom is -0.497 e. The number of fused-ring (bicyclic) bond motifs is 1. The van der Waals surface area contributed by atoms with E-state index < -0.39 is 5.97 Å². The van der Waals surface area contributed by atoms with Gasteiger partial charge in [-0.3, -0.25) is 4.79 Å². The number of methoxy groups -OCH3 is 1. The van der Waals surface area contributed by atoms with Gasteiger partial charge >= 0.3 is 5.97 Å². The van der Waals surface area contributed by atoms with Crippen LogP contribution in [-0.4, -0.2) is 41.2 Å². The number of anilines is 1. The van der Waals surface area contributed by atoms with Crippen molar-refractivity contribution in [3.8, 4) is 17.1 Å². The van der Waals surface area contributed by atoms with E-state index in [0.29, 0.717) is 24.7 Å². The largest absolute Gasteiger partial charge is 0.497 e. The Morgan fingerprint density at radius 3 is 2.55 bits per heavy atom. The first-order valence-corrected chi connectivity index (χ1v) is 11.4. The van der Waals surface area contributed by atoms with Gasteiger partial charge in [0.15, 0.2) is 5.82 Å². The first-order valence-electron chi connectivity index (χ1n) is 10.7. The molecule has 33 heavy (non-hydrogen) atoms. The van der Waals surface area contributed by atoms with Crippen molar-refractivity contribution in [2.24, 2.45) is 0 Å². The van der Waals surface area contributed by atoms with Crippen molar-refractivity contribution in [1.29, 1.82) is 0 Å². The highest BCUT2D eigenvalue weighted by molar-refractivity contribution is 9.10. The molecule has 0 atom stereocenters. The Morgan fingerprint density at radius 1 is 1.00 bits per heavy atom. The molecular formula is C26H24BrN3O3. The van der Waals surface area contributed by atoms with Crippen LogP contribution in [0.4, 0.5) is 5.82 Å². The number of carboxylic acid groups (broad SMARTS) is 1. The highest BCUT2D eigenvalue weighted by Crippen LogP contribution is 2.31. The Labute approximate surface area is 201 Å². The van der Waals surface area contributed by atoms with Gasteiger partial charge in [-0.15, -0.1) is 0 Å². The van der Waals surface area contributed by atoms with Gasteiger partial charge in [0.05, 0.1) is 19.0 Å². The lowest BCUT2D eigenvalue weighted by atomic mass is 10.1. The van der Waals surface area contributed by atoms with Crippen LogP contribution in [0.1, 0.15) is 12.0 Å². The molecule has 0 saturated carbocycles. The number of ether oxygens (including phenoxy) is 1. The molecule has 168 valence electrons. The zero-order chi connectivity index (χ0) is 23.2. The van der Waals surface area contributed by atoms with E-state index in [9.17, 15) is 9.90 Å². The second-order valence-corrected chi connectivity index (χ2v) is 8.55. The van der Waals surface area contributed by atoms with Gasteiger partial charge in [0.25, 0.3) is 0 Å². The number of rotatable bonds is 9. The summed E-state index contributed by atoms with van der Waals surface area (Å²) in [6.07, 6.45) is 0.789. The maximum atomic E-state index is 11.4. The van der Waals surface area contributed by atoms with Gasteiger partial charge in [0.1, 0.15) is 11.6 Å². The number of halogens is 1. The number of aliphatic carboxylic acids is 1. The van der Waals surface area contributed by atoms with Crippen LogP contribution in [0, 0.1) is 0 Å². The smallest absolute Gasteiger partial charge is 0.305 e. The molecule has 1 heterocycles. The summed E-state index contributed by atoms with van der Waals surface area (Å²) in [7, 11) is 1.62. The van der Waals surface area contributed by atoms with E-state index in [0.717, 1.165) is 33.2 Å². The molecule has 3 aromatic carbocycles. The second-order valence-electron chi connectivity index (χ2n) is 7.63. The molecule has 0 radical (unpaired) electrons. The van der Waals surface area contributed by atoms with Crippen molar-refractivity contribution < 1.29 is 14.6 Å². The van der Waals surface area contributed by atoms with E-state index in [4.69, 9.17) is 14.7 Å². The molecule has 4 rings (SSSR count). The summed E-state index contributed by atoms with van der Waals surface area (Å²) in [6, 6.07) is 23.7. The van der Waals surface area contributed by atoms with Gasteiger partial charge in [-0.05, 0) is 36.2 Å². The summed E-state index contributed by atoms with van der Waals surface area (Å²) in [4.78, 5) is 23.2. The van der Waals surface area contributed by atoms with Crippen LogP contribution in [-0.2, 0) is 11.2 Å². The second kappa shape index (κ2) is 10.4. The summed E-state index contributed by atoms with van der Waals surface area (Å²) in [5.74, 6) is 1.16. The first kappa shape index (κ1) is 22.7. The van der Waals surface area contributed by atoms with Crippen LogP contribution < -0.4 is 9.64 Å². The average molecular weight is 506 g/mol. The van der Waals surface area contributed by atoms with Crippen molar-refractivity contribution in [3.05, 3.63) is 82.8 Å². The summed E-state index contributed by atoms with van der Waals surface area (Å²) in [5.41, 5.74) is 2.80. The van der Waals surface area contributed by atoms with Crippen molar-refractivity contribution in [3.63, 3.8) is 0 Å². The number of hydrogen-bond donors (Lipinski definition) is 1.